The first-order valence-electron chi connectivity index (χ1n) is 5.73. The predicted molar refractivity (Wildman–Crippen MR) is 71.3 cm³/mol. The summed E-state index contributed by atoms with van der Waals surface area (Å²) in [6.45, 7) is 7.57. The number of aryl methyl sites for hydroxylation is 1. The van der Waals surface area contributed by atoms with Gasteiger partial charge in [-0.2, -0.15) is 5.10 Å². The molecule has 1 aromatic rings. The molecule has 1 aromatic heterocycles. The van der Waals surface area contributed by atoms with Gasteiger partial charge in [0, 0.05) is 20.3 Å². The molecule has 1 heterocycles. The highest BCUT2D eigenvalue weighted by atomic mass is 16.6. The second-order valence-electron chi connectivity index (χ2n) is 5.44. The Kier molecular flexibility index (Phi) is 3.79. The van der Waals surface area contributed by atoms with Crippen LogP contribution in [-0.2, 0) is 5.54 Å². The number of hydrogen-bond acceptors (Lipinski definition) is 4. The molecule has 0 N–H and O–H groups in total. The van der Waals surface area contributed by atoms with Crippen LogP contribution in [0.4, 0.5) is 5.69 Å². The van der Waals surface area contributed by atoms with Crippen LogP contribution in [0.5, 0.6) is 0 Å². The van der Waals surface area contributed by atoms with Crippen LogP contribution < -0.4 is 0 Å². The summed E-state index contributed by atoms with van der Waals surface area (Å²) in [4.78, 5) is 12.6. The molecule has 6 nitrogen and oxygen atoms in total. The Bertz CT molecular complexity index is 481. The molecule has 18 heavy (non-hydrogen) atoms. The molecule has 100 valence electrons. The maximum atomic E-state index is 11.1. The van der Waals surface area contributed by atoms with E-state index in [2.05, 4.69) is 5.10 Å². The molecular weight excluding hydrogens is 232 g/mol. The van der Waals surface area contributed by atoms with Crippen LogP contribution in [0.3, 0.4) is 0 Å². The molecule has 0 aliphatic heterocycles. The van der Waals surface area contributed by atoms with E-state index in [4.69, 9.17) is 0 Å². The summed E-state index contributed by atoms with van der Waals surface area (Å²) in [5, 5.41) is 15.4. The maximum Gasteiger partial charge on any atom is 0.317 e. The lowest BCUT2D eigenvalue weighted by Gasteiger charge is -2.20. The first kappa shape index (κ1) is 14.2. The van der Waals surface area contributed by atoms with E-state index in [1.807, 2.05) is 39.8 Å². The van der Waals surface area contributed by atoms with Gasteiger partial charge in [-0.15, -0.1) is 0 Å². The summed E-state index contributed by atoms with van der Waals surface area (Å²) in [5.41, 5.74) is 0.736. The molecule has 0 fully saturated rings. The molecule has 0 aliphatic rings. The zero-order valence-electron chi connectivity index (χ0n) is 11.8. The predicted octanol–water partition coefficient (Wildman–Crippen LogP) is 2.39. The molecular formula is C12H20N4O2. The van der Waals surface area contributed by atoms with Crippen molar-refractivity contribution < 1.29 is 4.92 Å². The summed E-state index contributed by atoms with van der Waals surface area (Å²) >= 11 is 0. The molecule has 0 atom stereocenters. The highest BCUT2D eigenvalue weighted by molar-refractivity contribution is 5.59. The molecule has 0 bridgehead atoms. The van der Waals surface area contributed by atoms with Gasteiger partial charge in [-0.3, -0.25) is 14.8 Å². The third-order valence-electron chi connectivity index (χ3n) is 2.41. The minimum atomic E-state index is -0.375. The van der Waals surface area contributed by atoms with Crippen LogP contribution in [0.25, 0.3) is 6.08 Å². The van der Waals surface area contributed by atoms with Crippen molar-refractivity contribution in [3.63, 3.8) is 0 Å². The summed E-state index contributed by atoms with van der Waals surface area (Å²) in [7, 11) is 3.74. The van der Waals surface area contributed by atoms with E-state index in [9.17, 15) is 10.1 Å². The Morgan fingerprint density at radius 1 is 1.39 bits per heavy atom. The second-order valence-corrected chi connectivity index (χ2v) is 5.44. The molecule has 0 saturated carbocycles. The van der Waals surface area contributed by atoms with E-state index < -0.39 is 0 Å². The third-order valence-corrected chi connectivity index (χ3v) is 2.41. The van der Waals surface area contributed by atoms with Gasteiger partial charge in [0.05, 0.1) is 10.5 Å². The summed E-state index contributed by atoms with van der Waals surface area (Å²) in [6.07, 6.45) is 3.51. The monoisotopic (exact) mass is 252 g/mol. The van der Waals surface area contributed by atoms with Crippen molar-refractivity contribution in [1.29, 1.82) is 0 Å². The molecule has 0 spiro atoms. The Balaban J connectivity index is 3.46. The maximum absolute atomic E-state index is 11.1. The highest BCUT2D eigenvalue weighted by Crippen LogP contribution is 2.28. The van der Waals surface area contributed by atoms with Gasteiger partial charge in [0.25, 0.3) is 0 Å². The van der Waals surface area contributed by atoms with Gasteiger partial charge in [0.15, 0.2) is 0 Å². The summed E-state index contributed by atoms with van der Waals surface area (Å²) in [5.74, 6) is 0. The van der Waals surface area contributed by atoms with Crippen molar-refractivity contribution in [3.8, 4) is 0 Å². The van der Waals surface area contributed by atoms with Gasteiger partial charge in [-0.05, 0) is 33.8 Å². The Morgan fingerprint density at radius 3 is 2.33 bits per heavy atom. The van der Waals surface area contributed by atoms with Gasteiger partial charge in [-0.25, -0.2) is 0 Å². The first-order chi connectivity index (χ1) is 8.14. The summed E-state index contributed by atoms with van der Waals surface area (Å²) < 4.78 is 1.69. The topological polar surface area (TPSA) is 64.2 Å². The molecule has 0 amide bonds. The number of nitrogens with zero attached hydrogens (tertiary/aromatic N) is 4. The van der Waals surface area contributed by atoms with Crippen molar-refractivity contribution in [3.05, 3.63) is 27.7 Å². The van der Waals surface area contributed by atoms with E-state index in [1.54, 1.807) is 23.9 Å². The van der Waals surface area contributed by atoms with Crippen LogP contribution >= 0.6 is 0 Å². The van der Waals surface area contributed by atoms with Crippen molar-refractivity contribution in [2.24, 2.45) is 0 Å². The fourth-order valence-electron chi connectivity index (χ4n) is 1.64. The number of rotatable bonds is 3. The third kappa shape index (κ3) is 2.88. The van der Waals surface area contributed by atoms with Gasteiger partial charge in [0.1, 0.15) is 11.4 Å². The van der Waals surface area contributed by atoms with Crippen molar-refractivity contribution in [2.75, 3.05) is 14.1 Å². The standard InChI is InChI=1S/C12H20N4O2/c1-9-11(16(17)18)10(7-8-14(5)6)15(13-9)12(2,3)4/h7-8H,1-6H3/b8-7+. The average Bonchev–Trinajstić information content (AvgIpc) is 2.51. The molecule has 0 unspecified atom stereocenters. The Morgan fingerprint density at radius 2 is 1.94 bits per heavy atom. The van der Waals surface area contributed by atoms with Crippen LogP contribution in [-0.4, -0.2) is 33.7 Å². The van der Waals surface area contributed by atoms with E-state index in [1.165, 1.54) is 0 Å². The van der Waals surface area contributed by atoms with Crippen LogP contribution in [0.2, 0.25) is 0 Å². The highest BCUT2D eigenvalue weighted by Gasteiger charge is 2.28. The Hall–Kier alpha value is -1.85. The van der Waals surface area contributed by atoms with Crippen LogP contribution in [0.1, 0.15) is 32.2 Å². The van der Waals surface area contributed by atoms with Crippen LogP contribution in [0.15, 0.2) is 6.20 Å². The fourth-order valence-corrected chi connectivity index (χ4v) is 1.64. The zero-order valence-corrected chi connectivity index (χ0v) is 11.8. The molecule has 0 saturated heterocycles. The van der Waals surface area contributed by atoms with Crippen molar-refractivity contribution >= 4 is 11.8 Å². The quantitative estimate of drug-likeness (QED) is 0.612. The normalized spacial score (nSPS) is 12.1. The second kappa shape index (κ2) is 4.80. The lowest BCUT2D eigenvalue weighted by molar-refractivity contribution is -0.385. The van der Waals surface area contributed by atoms with E-state index in [-0.39, 0.29) is 16.1 Å². The van der Waals surface area contributed by atoms with Crippen molar-refractivity contribution in [1.82, 2.24) is 14.7 Å². The average molecular weight is 252 g/mol. The van der Waals surface area contributed by atoms with Gasteiger partial charge in [-0.1, -0.05) is 0 Å². The number of hydrogen-bond donors (Lipinski definition) is 0. The number of nitro groups is 1. The van der Waals surface area contributed by atoms with Gasteiger partial charge >= 0.3 is 5.69 Å². The minimum Gasteiger partial charge on any atom is -0.383 e. The van der Waals surface area contributed by atoms with Crippen molar-refractivity contribution in [2.45, 2.75) is 33.2 Å². The van der Waals surface area contributed by atoms with E-state index in [0.717, 1.165) is 0 Å². The fraction of sp³-hybridized carbons (Fsp3) is 0.583. The first-order valence-corrected chi connectivity index (χ1v) is 5.73. The minimum absolute atomic E-state index is 0.0722. The molecule has 1 rings (SSSR count). The SMILES string of the molecule is Cc1nn(C(C)(C)C)c(/C=C/N(C)C)c1[N+](=O)[O-]. The van der Waals surface area contributed by atoms with Crippen LogP contribution in [0, 0.1) is 17.0 Å². The molecule has 0 radical (unpaired) electrons. The van der Waals surface area contributed by atoms with E-state index >= 15 is 0 Å². The van der Waals surface area contributed by atoms with Gasteiger partial charge in [0.2, 0.25) is 0 Å². The lowest BCUT2D eigenvalue weighted by atomic mass is 10.1. The molecule has 0 aromatic carbocycles. The molecule has 6 heteroatoms. The molecule has 0 aliphatic carbocycles. The number of aromatic nitrogens is 2. The largest absolute Gasteiger partial charge is 0.383 e. The van der Waals surface area contributed by atoms with Gasteiger partial charge < -0.3 is 4.90 Å². The van der Waals surface area contributed by atoms with E-state index in [0.29, 0.717) is 11.4 Å². The lowest BCUT2D eigenvalue weighted by Crippen LogP contribution is -2.24. The summed E-state index contributed by atoms with van der Waals surface area (Å²) in [6, 6.07) is 0. The zero-order chi connectivity index (χ0) is 14.1. The smallest absolute Gasteiger partial charge is 0.317 e. The Labute approximate surface area is 107 Å².